The summed E-state index contributed by atoms with van der Waals surface area (Å²) in [7, 11) is 0. The van der Waals surface area contributed by atoms with Crippen LogP contribution in [0.25, 0.3) is 0 Å². The summed E-state index contributed by atoms with van der Waals surface area (Å²) in [5, 5.41) is 5.60. The van der Waals surface area contributed by atoms with E-state index in [-0.39, 0.29) is 30.0 Å². The quantitative estimate of drug-likeness (QED) is 0.402. The van der Waals surface area contributed by atoms with Gasteiger partial charge in [-0.25, -0.2) is 0 Å². The van der Waals surface area contributed by atoms with Crippen molar-refractivity contribution < 1.29 is 23.2 Å². The van der Waals surface area contributed by atoms with Gasteiger partial charge in [-0.15, -0.1) is 0 Å². The molecular formula is C26H30N4O5S. The zero-order valence-electron chi connectivity index (χ0n) is 20.2. The molecule has 0 unspecified atom stereocenters. The Morgan fingerprint density at radius 2 is 1.81 bits per heavy atom. The van der Waals surface area contributed by atoms with E-state index in [0.29, 0.717) is 38.0 Å². The number of hydrogen-bond donors (Lipinski definition) is 2. The standard InChI is InChI=1S/C26H30N4O5S/c1-18-6-7-21(25(32)27-10-15-36-17-20-4-2-13-34-20)24(29-18)19-8-11-30(12-9-19)23(31)16-28-26(33)22-5-3-14-35-22/h2-7,13-14,19H,8-12,15-17H2,1H3,(H,27,32)(H,28,33). The lowest BCUT2D eigenvalue weighted by atomic mass is 9.89. The van der Waals surface area contributed by atoms with E-state index >= 15 is 0 Å². The largest absolute Gasteiger partial charge is 0.468 e. The number of pyridine rings is 1. The van der Waals surface area contributed by atoms with Gasteiger partial charge in [0.15, 0.2) is 5.76 Å². The lowest BCUT2D eigenvalue weighted by Crippen LogP contribution is -2.44. The fourth-order valence-electron chi connectivity index (χ4n) is 4.14. The molecule has 190 valence electrons. The molecule has 0 saturated carbocycles. The summed E-state index contributed by atoms with van der Waals surface area (Å²) in [6.45, 7) is 3.46. The Morgan fingerprint density at radius 1 is 1.03 bits per heavy atom. The molecule has 1 saturated heterocycles. The molecule has 9 nitrogen and oxygen atoms in total. The van der Waals surface area contributed by atoms with Crippen LogP contribution in [0.4, 0.5) is 0 Å². The summed E-state index contributed by atoms with van der Waals surface area (Å²) in [6.07, 6.45) is 4.47. The summed E-state index contributed by atoms with van der Waals surface area (Å²) >= 11 is 1.70. The molecule has 3 aromatic heterocycles. The van der Waals surface area contributed by atoms with E-state index in [9.17, 15) is 14.4 Å². The van der Waals surface area contributed by atoms with Crippen LogP contribution in [-0.4, -0.2) is 59.5 Å². The minimum Gasteiger partial charge on any atom is -0.468 e. The summed E-state index contributed by atoms with van der Waals surface area (Å²) in [5.41, 5.74) is 2.23. The number of likely N-dealkylation sites (tertiary alicyclic amines) is 1. The molecule has 10 heteroatoms. The average molecular weight is 511 g/mol. The number of carbonyl (C=O) groups is 3. The number of piperidine rings is 1. The van der Waals surface area contributed by atoms with Gasteiger partial charge in [0, 0.05) is 37.0 Å². The van der Waals surface area contributed by atoms with Gasteiger partial charge >= 0.3 is 0 Å². The van der Waals surface area contributed by atoms with Crippen molar-refractivity contribution >= 4 is 29.5 Å². The van der Waals surface area contributed by atoms with E-state index in [2.05, 4.69) is 10.6 Å². The van der Waals surface area contributed by atoms with Gasteiger partial charge in [-0.3, -0.25) is 19.4 Å². The zero-order valence-corrected chi connectivity index (χ0v) is 21.0. The highest BCUT2D eigenvalue weighted by molar-refractivity contribution is 7.98. The number of aryl methyl sites for hydroxylation is 1. The van der Waals surface area contributed by atoms with Gasteiger partial charge in [0.05, 0.1) is 36.1 Å². The molecule has 1 fully saturated rings. The van der Waals surface area contributed by atoms with Crippen LogP contribution in [0.5, 0.6) is 0 Å². The van der Waals surface area contributed by atoms with E-state index in [1.54, 1.807) is 35.1 Å². The predicted molar refractivity (Wildman–Crippen MR) is 136 cm³/mol. The number of aromatic nitrogens is 1. The topological polar surface area (TPSA) is 118 Å². The number of carbonyl (C=O) groups excluding carboxylic acids is 3. The van der Waals surface area contributed by atoms with Gasteiger partial charge < -0.3 is 24.4 Å². The van der Waals surface area contributed by atoms with Crippen molar-refractivity contribution in [2.24, 2.45) is 0 Å². The molecule has 0 spiro atoms. The fraction of sp³-hybridized carbons (Fsp3) is 0.385. The minimum absolute atomic E-state index is 0.0840. The molecule has 2 N–H and O–H groups in total. The SMILES string of the molecule is Cc1ccc(C(=O)NCCSCc2ccco2)c(C2CCN(C(=O)CNC(=O)c3ccco3)CC2)n1. The first-order valence-corrected chi connectivity index (χ1v) is 13.1. The second kappa shape index (κ2) is 12.4. The third-order valence-corrected chi connectivity index (χ3v) is 7.03. The molecule has 3 amide bonds. The molecule has 0 aromatic carbocycles. The second-order valence-electron chi connectivity index (χ2n) is 8.59. The number of amides is 3. The van der Waals surface area contributed by atoms with E-state index in [1.807, 2.05) is 31.2 Å². The van der Waals surface area contributed by atoms with Crippen molar-refractivity contribution in [2.45, 2.75) is 31.4 Å². The minimum atomic E-state index is -0.415. The van der Waals surface area contributed by atoms with Crippen LogP contribution in [0.3, 0.4) is 0 Å². The molecule has 36 heavy (non-hydrogen) atoms. The van der Waals surface area contributed by atoms with Crippen molar-refractivity contribution in [3.8, 4) is 0 Å². The third-order valence-electron chi connectivity index (χ3n) is 6.04. The van der Waals surface area contributed by atoms with Crippen molar-refractivity contribution in [3.63, 3.8) is 0 Å². The fourth-order valence-corrected chi connectivity index (χ4v) is 4.90. The number of furan rings is 2. The maximum Gasteiger partial charge on any atom is 0.287 e. The van der Waals surface area contributed by atoms with Gasteiger partial charge in [-0.05, 0) is 56.2 Å². The van der Waals surface area contributed by atoms with Crippen LogP contribution in [-0.2, 0) is 10.5 Å². The number of rotatable bonds is 10. The molecule has 0 bridgehead atoms. The normalized spacial score (nSPS) is 14.0. The second-order valence-corrected chi connectivity index (χ2v) is 9.69. The Balaban J connectivity index is 1.26. The van der Waals surface area contributed by atoms with Gasteiger partial charge in [-0.1, -0.05) is 0 Å². The maximum atomic E-state index is 12.9. The lowest BCUT2D eigenvalue weighted by Gasteiger charge is -2.32. The van der Waals surface area contributed by atoms with Crippen molar-refractivity contribution in [3.05, 3.63) is 77.4 Å². The lowest BCUT2D eigenvalue weighted by molar-refractivity contribution is -0.131. The van der Waals surface area contributed by atoms with Gasteiger partial charge in [0.25, 0.3) is 11.8 Å². The average Bonchev–Trinajstić information content (AvgIpc) is 3.62. The monoisotopic (exact) mass is 510 g/mol. The third kappa shape index (κ3) is 6.78. The molecular weight excluding hydrogens is 480 g/mol. The summed E-state index contributed by atoms with van der Waals surface area (Å²) in [5.74, 6) is 2.03. The van der Waals surface area contributed by atoms with Gasteiger partial charge in [0.1, 0.15) is 5.76 Å². The van der Waals surface area contributed by atoms with E-state index in [4.69, 9.17) is 13.8 Å². The van der Waals surface area contributed by atoms with Crippen LogP contribution in [0.15, 0.2) is 57.8 Å². The molecule has 1 aliphatic heterocycles. The van der Waals surface area contributed by atoms with Crippen LogP contribution >= 0.6 is 11.8 Å². The Hall–Kier alpha value is -3.53. The van der Waals surface area contributed by atoms with Crippen molar-refractivity contribution in [1.29, 1.82) is 0 Å². The Bertz CT molecular complexity index is 1160. The van der Waals surface area contributed by atoms with Gasteiger partial charge in [0.2, 0.25) is 5.91 Å². The molecule has 4 rings (SSSR count). The smallest absolute Gasteiger partial charge is 0.287 e. The highest BCUT2D eigenvalue weighted by Gasteiger charge is 2.28. The summed E-state index contributed by atoms with van der Waals surface area (Å²) in [4.78, 5) is 44.0. The van der Waals surface area contributed by atoms with Crippen LogP contribution < -0.4 is 10.6 Å². The van der Waals surface area contributed by atoms with E-state index < -0.39 is 5.91 Å². The molecule has 4 heterocycles. The molecule has 0 aliphatic carbocycles. The van der Waals surface area contributed by atoms with E-state index in [0.717, 1.165) is 28.7 Å². The molecule has 0 radical (unpaired) electrons. The number of hydrogen-bond acceptors (Lipinski definition) is 7. The number of thioether (sulfide) groups is 1. The Labute approximate surface area is 214 Å². The first-order chi connectivity index (χ1) is 17.5. The first kappa shape index (κ1) is 25.6. The van der Waals surface area contributed by atoms with E-state index in [1.165, 1.54) is 6.26 Å². The maximum absolute atomic E-state index is 12.9. The van der Waals surface area contributed by atoms with Crippen LogP contribution in [0.1, 0.15) is 56.8 Å². The molecule has 3 aromatic rings. The highest BCUT2D eigenvalue weighted by Crippen LogP contribution is 2.29. The molecule has 1 aliphatic rings. The number of nitrogens with one attached hydrogen (secondary N) is 2. The predicted octanol–water partition coefficient (Wildman–Crippen LogP) is 3.38. The van der Waals surface area contributed by atoms with Crippen molar-refractivity contribution in [2.75, 3.05) is 31.9 Å². The Kier molecular flexibility index (Phi) is 8.83. The first-order valence-electron chi connectivity index (χ1n) is 12.0. The zero-order chi connectivity index (χ0) is 25.3. The van der Waals surface area contributed by atoms with Crippen LogP contribution in [0, 0.1) is 6.92 Å². The van der Waals surface area contributed by atoms with Crippen LogP contribution in [0.2, 0.25) is 0 Å². The summed E-state index contributed by atoms with van der Waals surface area (Å²) < 4.78 is 10.4. The Morgan fingerprint density at radius 3 is 2.53 bits per heavy atom. The van der Waals surface area contributed by atoms with Gasteiger partial charge in [-0.2, -0.15) is 11.8 Å². The number of nitrogens with zero attached hydrogens (tertiary/aromatic N) is 2. The van der Waals surface area contributed by atoms with Crippen molar-refractivity contribution in [1.82, 2.24) is 20.5 Å². The molecule has 0 atom stereocenters. The highest BCUT2D eigenvalue weighted by atomic mass is 32.2. The summed E-state index contributed by atoms with van der Waals surface area (Å²) in [6, 6.07) is 10.7.